The predicted octanol–water partition coefficient (Wildman–Crippen LogP) is 2.29. The molecule has 2 nitrogen and oxygen atoms in total. The summed E-state index contributed by atoms with van der Waals surface area (Å²) in [7, 11) is 0. The molecule has 1 aromatic carbocycles. The number of hydrogen-bond donors (Lipinski definition) is 1. The summed E-state index contributed by atoms with van der Waals surface area (Å²) in [5, 5.41) is 0. The lowest BCUT2D eigenvalue weighted by atomic mass is 10.1. The van der Waals surface area contributed by atoms with E-state index >= 15 is 0 Å². The van der Waals surface area contributed by atoms with Gasteiger partial charge in [-0.2, -0.15) is 0 Å². The zero-order valence-corrected chi connectivity index (χ0v) is 9.10. The molecular weight excluding hydrogens is 230 g/mol. The molecule has 0 unspecified atom stereocenters. The first-order valence-corrected chi connectivity index (χ1v) is 4.94. The molecule has 0 heterocycles. The summed E-state index contributed by atoms with van der Waals surface area (Å²) in [5.74, 6) is 0.0954. The summed E-state index contributed by atoms with van der Waals surface area (Å²) in [4.78, 5) is 11.5. The Balaban J connectivity index is 2.99. The van der Waals surface area contributed by atoms with Crippen LogP contribution in [0.3, 0.4) is 0 Å². The number of carbonyl (C=O) groups excluding carboxylic acids is 1. The number of aryl methyl sites for hydroxylation is 1. The first-order valence-electron chi connectivity index (χ1n) is 4.14. The maximum Gasteiger partial charge on any atom is 0.165 e. The summed E-state index contributed by atoms with van der Waals surface area (Å²) in [5.41, 5.74) is 7.13. The van der Waals surface area contributed by atoms with Gasteiger partial charge in [0.1, 0.15) is 0 Å². The molecule has 0 aliphatic rings. The summed E-state index contributed by atoms with van der Waals surface area (Å²) < 4.78 is 0.844. The van der Waals surface area contributed by atoms with Gasteiger partial charge in [0.25, 0.3) is 0 Å². The van der Waals surface area contributed by atoms with Gasteiger partial charge >= 0.3 is 0 Å². The minimum Gasteiger partial charge on any atom is -0.330 e. The average Bonchev–Trinajstić information content (AvgIpc) is 2.09. The molecule has 0 aliphatic heterocycles. The fourth-order valence-corrected chi connectivity index (χ4v) is 1.59. The van der Waals surface area contributed by atoms with Crippen LogP contribution in [0.2, 0.25) is 0 Å². The third-order valence-corrected chi connectivity index (χ3v) is 2.49. The molecule has 1 aromatic rings. The van der Waals surface area contributed by atoms with Crippen molar-refractivity contribution in [3.63, 3.8) is 0 Å². The minimum atomic E-state index is 0.0954. The first kappa shape index (κ1) is 10.4. The van der Waals surface area contributed by atoms with E-state index in [1.54, 1.807) is 0 Å². The van der Waals surface area contributed by atoms with Gasteiger partial charge in [-0.25, -0.2) is 0 Å². The van der Waals surface area contributed by atoms with Gasteiger partial charge in [-0.1, -0.05) is 27.6 Å². The molecule has 0 radical (unpaired) electrons. The van der Waals surface area contributed by atoms with E-state index in [9.17, 15) is 4.79 Å². The minimum absolute atomic E-state index is 0.0954. The fraction of sp³-hybridized carbons (Fsp3) is 0.300. The van der Waals surface area contributed by atoms with Gasteiger partial charge in [0, 0.05) is 16.5 Å². The number of hydrogen-bond acceptors (Lipinski definition) is 2. The van der Waals surface area contributed by atoms with Crippen LogP contribution in [0.5, 0.6) is 0 Å². The summed E-state index contributed by atoms with van der Waals surface area (Å²) >= 11 is 3.34. The highest BCUT2D eigenvalue weighted by Crippen LogP contribution is 2.19. The van der Waals surface area contributed by atoms with Crippen molar-refractivity contribution in [1.29, 1.82) is 0 Å². The van der Waals surface area contributed by atoms with Crippen molar-refractivity contribution in [2.24, 2.45) is 5.73 Å². The topological polar surface area (TPSA) is 43.1 Å². The van der Waals surface area contributed by atoms with Crippen LogP contribution in [-0.2, 0) is 0 Å². The summed E-state index contributed by atoms with van der Waals surface area (Å²) in [6, 6.07) is 5.73. The highest BCUT2D eigenvalue weighted by Gasteiger charge is 2.08. The molecule has 0 saturated heterocycles. The van der Waals surface area contributed by atoms with Crippen LogP contribution in [-0.4, -0.2) is 12.3 Å². The lowest BCUT2D eigenvalue weighted by Crippen LogP contribution is -2.08. The van der Waals surface area contributed by atoms with Crippen LogP contribution in [0.1, 0.15) is 22.3 Å². The molecule has 0 atom stereocenters. The van der Waals surface area contributed by atoms with Gasteiger partial charge in [0.2, 0.25) is 0 Å². The molecule has 0 saturated carbocycles. The van der Waals surface area contributed by atoms with Crippen LogP contribution in [0.4, 0.5) is 0 Å². The normalized spacial score (nSPS) is 10.1. The van der Waals surface area contributed by atoms with Crippen molar-refractivity contribution < 1.29 is 4.79 Å². The second-order valence-corrected chi connectivity index (χ2v) is 3.80. The maximum absolute atomic E-state index is 11.5. The smallest absolute Gasteiger partial charge is 0.165 e. The highest BCUT2D eigenvalue weighted by molar-refractivity contribution is 9.10. The Morgan fingerprint density at radius 2 is 2.23 bits per heavy atom. The standard InChI is InChI=1S/C10H12BrNO/c1-7-2-3-9(11)8(6-7)10(13)4-5-12/h2-3,6H,4-5,12H2,1H3. The molecule has 0 aromatic heterocycles. The number of Topliss-reactive ketones (excluding diaryl/α,β-unsaturated/α-hetero) is 1. The van der Waals surface area contributed by atoms with E-state index in [0.717, 1.165) is 15.6 Å². The largest absolute Gasteiger partial charge is 0.330 e. The average molecular weight is 242 g/mol. The molecule has 0 spiro atoms. The Hall–Kier alpha value is -0.670. The highest BCUT2D eigenvalue weighted by atomic mass is 79.9. The Kier molecular flexibility index (Phi) is 3.63. The molecule has 1 rings (SSSR count). The van der Waals surface area contributed by atoms with Crippen molar-refractivity contribution in [3.8, 4) is 0 Å². The summed E-state index contributed by atoms with van der Waals surface area (Å²) in [6.07, 6.45) is 0.405. The maximum atomic E-state index is 11.5. The zero-order chi connectivity index (χ0) is 9.84. The lowest BCUT2D eigenvalue weighted by molar-refractivity contribution is 0.0984. The molecule has 0 bridgehead atoms. The number of rotatable bonds is 3. The molecule has 2 N–H and O–H groups in total. The van der Waals surface area contributed by atoms with E-state index in [2.05, 4.69) is 15.9 Å². The molecule has 0 amide bonds. The van der Waals surface area contributed by atoms with E-state index in [1.807, 2.05) is 25.1 Å². The van der Waals surface area contributed by atoms with Crippen LogP contribution < -0.4 is 5.73 Å². The first-order chi connectivity index (χ1) is 6.15. The van der Waals surface area contributed by atoms with Gasteiger partial charge < -0.3 is 5.73 Å². The Morgan fingerprint density at radius 3 is 2.85 bits per heavy atom. The second kappa shape index (κ2) is 4.53. The number of halogens is 1. The molecule has 0 fully saturated rings. The second-order valence-electron chi connectivity index (χ2n) is 2.95. The van der Waals surface area contributed by atoms with Gasteiger partial charge in [-0.05, 0) is 25.6 Å². The van der Waals surface area contributed by atoms with Crippen LogP contribution in [0, 0.1) is 6.92 Å². The van der Waals surface area contributed by atoms with Crippen LogP contribution in [0.15, 0.2) is 22.7 Å². The fourth-order valence-electron chi connectivity index (χ4n) is 1.12. The molecule has 0 aliphatic carbocycles. The van der Waals surface area contributed by atoms with Crippen molar-refractivity contribution in [2.45, 2.75) is 13.3 Å². The predicted molar refractivity (Wildman–Crippen MR) is 56.9 cm³/mol. The van der Waals surface area contributed by atoms with E-state index in [4.69, 9.17) is 5.73 Å². The van der Waals surface area contributed by atoms with Gasteiger partial charge in [0.05, 0.1) is 0 Å². The Morgan fingerprint density at radius 1 is 1.54 bits per heavy atom. The number of ketones is 1. The van der Waals surface area contributed by atoms with E-state index < -0.39 is 0 Å². The van der Waals surface area contributed by atoms with Gasteiger partial charge in [-0.15, -0.1) is 0 Å². The van der Waals surface area contributed by atoms with Crippen molar-refractivity contribution >= 4 is 21.7 Å². The van der Waals surface area contributed by atoms with Crippen LogP contribution in [0.25, 0.3) is 0 Å². The summed E-state index contributed by atoms with van der Waals surface area (Å²) in [6.45, 7) is 2.37. The number of carbonyl (C=O) groups is 1. The zero-order valence-electron chi connectivity index (χ0n) is 7.51. The van der Waals surface area contributed by atoms with Crippen LogP contribution >= 0.6 is 15.9 Å². The van der Waals surface area contributed by atoms with Crippen molar-refractivity contribution in [1.82, 2.24) is 0 Å². The number of benzene rings is 1. The molecular formula is C10H12BrNO. The quantitative estimate of drug-likeness (QED) is 0.826. The van der Waals surface area contributed by atoms with Gasteiger partial charge in [0.15, 0.2) is 5.78 Å². The third-order valence-electron chi connectivity index (χ3n) is 1.79. The molecule has 70 valence electrons. The van der Waals surface area contributed by atoms with E-state index in [0.29, 0.717) is 13.0 Å². The Labute approximate surface area is 86.3 Å². The SMILES string of the molecule is Cc1ccc(Br)c(C(=O)CCN)c1. The van der Waals surface area contributed by atoms with Gasteiger partial charge in [-0.3, -0.25) is 4.79 Å². The molecule has 13 heavy (non-hydrogen) atoms. The lowest BCUT2D eigenvalue weighted by Gasteiger charge is -2.03. The Bertz CT molecular complexity index is 323. The van der Waals surface area contributed by atoms with E-state index in [1.165, 1.54) is 0 Å². The van der Waals surface area contributed by atoms with E-state index in [-0.39, 0.29) is 5.78 Å². The number of nitrogens with two attached hydrogens (primary N) is 1. The third kappa shape index (κ3) is 2.64. The monoisotopic (exact) mass is 241 g/mol. The van der Waals surface area contributed by atoms with Crippen molar-refractivity contribution in [2.75, 3.05) is 6.54 Å². The van der Waals surface area contributed by atoms with Crippen molar-refractivity contribution in [3.05, 3.63) is 33.8 Å². The molecule has 3 heteroatoms.